The van der Waals surface area contributed by atoms with Gasteiger partial charge in [0.2, 0.25) is 0 Å². The largest absolute Gasteiger partial charge is 0.379 e. The fourth-order valence-corrected chi connectivity index (χ4v) is 2.71. The van der Waals surface area contributed by atoms with E-state index >= 15 is 0 Å². The van der Waals surface area contributed by atoms with Gasteiger partial charge in [-0.1, -0.05) is 18.2 Å². The minimum atomic E-state index is 0.528. The quantitative estimate of drug-likeness (QED) is 0.622. The van der Waals surface area contributed by atoms with Gasteiger partial charge in [0.25, 0.3) is 0 Å². The van der Waals surface area contributed by atoms with Gasteiger partial charge < -0.3 is 5.32 Å². The Hall–Kier alpha value is -3.72. The number of aromatic nitrogens is 4. The van der Waals surface area contributed by atoms with Crippen LogP contribution in [-0.4, -0.2) is 19.7 Å². The molecule has 6 heteroatoms. The normalized spacial score (nSPS) is 10.5. The first-order valence-corrected chi connectivity index (χ1v) is 7.82. The Morgan fingerprint density at radius 1 is 1.08 bits per heavy atom. The Bertz CT molecular complexity index is 1060. The predicted molar refractivity (Wildman–Crippen MR) is 95.1 cm³/mol. The van der Waals surface area contributed by atoms with Crippen molar-refractivity contribution in [3.05, 3.63) is 78.4 Å². The summed E-state index contributed by atoms with van der Waals surface area (Å²) in [6.07, 6.45) is 6.93. The van der Waals surface area contributed by atoms with Crippen molar-refractivity contribution in [2.24, 2.45) is 0 Å². The van der Waals surface area contributed by atoms with Gasteiger partial charge in [-0.25, -0.2) is 9.67 Å². The average Bonchev–Trinajstić information content (AvgIpc) is 3.21. The van der Waals surface area contributed by atoms with E-state index in [0.29, 0.717) is 12.1 Å². The summed E-state index contributed by atoms with van der Waals surface area (Å²) in [6.45, 7) is 0.569. The Morgan fingerprint density at radius 3 is 2.84 bits per heavy atom. The van der Waals surface area contributed by atoms with Crippen molar-refractivity contribution in [1.82, 2.24) is 19.7 Å². The van der Waals surface area contributed by atoms with Crippen LogP contribution in [0.3, 0.4) is 0 Å². The van der Waals surface area contributed by atoms with E-state index in [1.54, 1.807) is 23.3 Å². The highest BCUT2D eigenvalue weighted by atomic mass is 15.3. The lowest BCUT2D eigenvalue weighted by Gasteiger charge is -2.12. The van der Waals surface area contributed by atoms with Gasteiger partial charge in [0.1, 0.15) is 6.07 Å². The van der Waals surface area contributed by atoms with E-state index in [4.69, 9.17) is 0 Å². The molecule has 25 heavy (non-hydrogen) atoms. The fraction of sp³-hybridized carbons (Fsp3) is 0.0526. The molecule has 0 aliphatic carbocycles. The minimum absolute atomic E-state index is 0.528. The molecule has 0 spiro atoms. The van der Waals surface area contributed by atoms with Gasteiger partial charge in [0.05, 0.1) is 16.8 Å². The number of para-hydroxylation sites is 1. The van der Waals surface area contributed by atoms with Crippen LogP contribution in [0.5, 0.6) is 0 Å². The molecule has 0 aliphatic rings. The van der Waals surface area contributed by atoms with Gasteiger partial charge >= 0.3 is 0 Å². The Morgan fingerprint density at radius 2 is 2.00 bits per heavy atom. The third-order valence-corrected chi connectivity index (χ3v) is 3.91. The van der Waals surface area contributed by atoms with Crippen LogP contribution in [0.1, 0.15) is 11.1 Å². The molecule has 3 aromatic heterocycles. The molecule has 0 atom stereocenters. The SMILES string of the molecule is N#Cc1cnc2ccccc2c1NCc1ccnc(-n2cccn2)c1. The van der Waals surface area contributed by atoms with E-state index in [1.807, 2.05) is 48.7 Å². The summed E-state index contributed by atoms with van der Waals surface area (Å²) in [5.74, 6) is 0.754. The molecule has 3 heterocycles. The van der Waals surface area contributed by atoms with Crippen molar-refractivity contribution in [2.45, 2.75) is 6.54 Å². The summed E-state index contributed by atoms with van der Waals surface area (Å²) in [4.78, 5) is 8.66. The first kappa shape index (κ1) is 14.8. The molecule has 6 nitrogen and oxygen atoms in total. The molecule has 0 bridgehead atoms. The van der Waals surface area contributed by atoms with Crippen LogP contribution in [0.4, 0.5) is 5.69 Å². The number of rotatable bonds is 4. The van der Waals surface area contributed by atoms with E-state index in [9.17, 15) is 5.26 Å². The topological polar surface area (TPSA) is 79.4 Å². The second-order valence-electron chi connectivity index (χ2n) is 5.50. The number of fused-ring (bicyclic) bond motifs is 1. The molecule has 1 aromatic carbocycles. The molecule has 0 fully saturated rings. The number of anilines is 1. The smallest absolute Gasteiger partial charge is 0.153 e. The fourth-order valence-electron chi connectivity index (χ4n) is 2.71. The molecule has 120 valence electrons. The van der Waals surface area contributed by atoms with Gasteiger partial charge in [0, 0.05) is 36.7 Å². The number of pyridine rings is 2. The monoisotopic (exact) mass is 326 g/mol. The van der Waals surface area contributed by atoms with Crippen LogP contribution in [-0.2, 0) is 6.54 Å². The first-order valence-electron chi connectivity index (χ1n) is 7.82. The van der Waals surface area contributed by atoms with Gasteiger partial charge in [-0.2, -0.15) is 10.4 Å². The second kappa shape index (κ2) is 6.42. The molecule has 0 saturated heterocycles. The third-order valence-electron chi connectivity index (χ3n) is 3.91. The highest BCUT2D eigenvalue weighted by Crippen LogP contribution is 2.26. The van der Waals surface area contributed by atoms with Crippen molar-refractivity contribution in [3.63, 3.8) is 0 Å². The Kier molecular flexibility index (Phi) is 3.81. The zero-order valence-electron chi connectivity index (χ0n) is 13.3. The number of benzene rings is 1. The molecule has 0 unspecified atom stereocenters. The number of hydrogen-bond acceptors (Lipinski definition) is 5. The van der Waals surface area contributed by atoms with Gasteiger partial charge in [0.15, 0.2) is 5.82 Å². The second-order valence-corrected chi connectivity index (χ2v) is 5.50. The van der Waals surface area contributed by atoms with E-state index in [-0.39, 0.29) is 0 Å². The lowest BCUT2D eigenvalue weighted by atomic mass is 10.1. The Balaban J connectivity index is 1.65. The minimum Gasteiger partial charge on any atom is -0.379 e. The number of hydrogen-bond donors (Lipinski definition) is 1. The third kappa shape index (κ3) is 2.91. The van der Waals surface area contributed by atoms with Gasteiger partial charge in [-0.05, 0) is 29.8 Å². The maximum atomic E-state index is 9.39. The molecule has 0 aliphatic heterocycles. The van der Waals surface area contributed by atoms with Crippen LogP contribution in [0, 0.1) is 11.3 Å². The number of nitrogens with one attached hydrogen (secondary N) is 1. The lowest BCUT2D eigenvalue weighted by Crippen LogP contribution is -2.05. The van der Waals surface area contributed by atoms with Crippen molar-refractivity contribution >= 4 is 16.6 Å². The molecule has 0 radical (unpaired) electrons. The van der Waals surface area contributed by atoms with Gasteiger partial charge in [-0.15, -0.1) is 0 Å². The number of nitriles is 1. The van der Waals surface area contributed by atoms with Crippen LogP contribution >= 0.6 is 0 Å². The zero-order valence-corrected chi connectivity index (χ0v) is 13.3. The summed E-state index contributed by atoms with van der Waals surface area (Å²) in [5.41, 5.74) is 3.23. The molecule has 0 amide bonds. The molecule has 4 aromatic rings. The molecule has 1 N–H and O–H groups in total. The molecule has 4 rings (SSSR count). The van der Waals surface area contributed by atoms with Crippen molar-refractivity contribution in [3.8, 4) is 11.9 Å². The Labute approximate surface area is 144 Å². The van der Waals surface area contributed by atoms with E-state index in [0.717, 1.165) is 28.0 Å². The van der Waals surface area contributed by atoms with E-state index < -0.39 is 0 Å². The van der Waals surface area contributed by atoms with E-state index in [1.165, 1.54) is 0 Å². The van der Waals surface area contributed by atoms with Crippen LogP contribution in [0.25, 0.3) is 16.7 Å². The molecular formula is C19H14N6. The molecule has 0 saturated carbocycles. The highest BCUT2D eigenvalue weighted by Gasteiger charge is 2.08. The lowest BCUT2D eigenvalue weighted by molar-refractivity contribution is 0.843. The van der Waals surface area contributed by atoms with Crippen molar-refractivity contribution in [2.75, 3.05) is 5.32 Å². The van der Waals surface area contributed by atoms with E-state index in [2.05, 4.69) is 26.5 Å². The summed E-state index contributed by atoms with van der Waals surface area (Å²) in [5, 5.41) is 17.9. The van der Waals surface area contributed by atoms with Crippen molar-refractivity contribution < 1.29 is 0 Å². The van der Waals surface area contributed by atoms with Crippen molar-refractivity contribution in [1.29, 1.82) is 5.26 Å². The maximum absolute atomic E-state index is 9.39. The standard InChI is InChI=1S/C19H14N6/c20-11-15-13-22-17-5-2-1-4-16(17)19(15)23-12-14-6-8-21-18(10-14)25-9-3-7-24-25/h1-10,13H,12H2,(H,22,23). The summed E-state index contributed by atoms with van der Waals surface area (Å²) in [6, 6.07) is 15.7. The first-order chi connectivity index (χ1) is 12.3. The van der Waals surface area contributed by atoms with Crippen LogP contribution in [0.2, 0.25) is 0 Å². The summed E-state index contributed by atoms with van der Waals surface area (Å²) >= 11 is 0. The summed E-state index contributed by atoms with van der Waals surface area (Å²) in [7, 11) is 0. The average molecular weight is 326 g/mol. The highest BCUT2D eigenvalue weighted by molar-refractivity contribution is 5.93. The predicted octanol–water partition coefficient (Wildman–Crippen LogP) is 3.30. The molecular weight excluding hydrogens is 312 g/mol. The maximum Gasteiger partial charge on any atom is 0.153 e. The number of nitrogens with zero attached hydrogens (tertiary/aromatic N) is 5. The zero-order chi connectivity index (χ0) is 17.1. The van der Waals surface area contributed by atoms with Gasteiger partial charge in [-0.3, -0.25) is 4.98 Å². The van der Waals surface area contributed by atoms with Crippen LogP contribution in [0.15, 0.2) is 67.3 Å². The van der Waals surface area contributed by atoms with Crippen LogP contribution < -0.4 is 5.32 Å². The summed E-state index contributed by atoms with van der Waals surface area (Å²) < 4.78 is 1.71.